The van der Waals surface area contributed by atoms with Crippen LogP contribution in [0.25, 0.3) is 5.69 Å². The molecule has 3 rings (SSSR count). The number of aromatic nitrogens is 2. The summed E-state index contributed by atoms with van der Waals surface area (Å²) in [5, 5.41) is 4.68. The molecule has 7 heteroatoms. The van der Waals surface area contributed by atoms with Crippen LogP contribution in [-0.2, 0) is 16.1 Å². The van der Waals surface area contributed by atoms with E-state index >= 15 is 0 Å². The summed E-state index contributed by atoms with van der Waals surface area (Å²) < 4.78 is 7.41. The Labute approximate surface area is 185 Å². The Morgan fingerprint density at radius 2 is 1.87 bits per heavy atom. The number of piperidine rings is 1. The number of hydrogen-bond donors (Lipinski definition) is 0. The first-order chi connectivity index (χ1) is 14.6. The maximum Gasteiger partial charge on any atom is 0.410 e. The summed E-state index contributed by atoms with van der Waals surface area (Å²) in [5.41, 5.74) is 3.46. The lowest BCUT2D eigenvalue weighted by Crippen LogP contribution is -2.47. The Hall–Kier alpha value is -2.83. The topological polar surface area (TPSA) is 67.7 Å². The second-order valence-electron chi connectivity index (χ2n) is 9.36. The summed E-state index contributed by atoms with van der Waals surface area (Å²) in [5.74, 6) is -0.157. The second kappa shape index (κ2) is 9.12. The molecule has 2 heterocycles. The van der Waals surface area contributed by atoms with Crippen LogP contribution in [0.4, 0.5) is 4.79 Å². The Balaban J connectivity index is 1.68. The number of ether oxygens (including phenoxy) is 1. The molecule has 0 saturated carbocycles. The molecule has 31 heavy (non-hydrogen) atoms. The molecule has 168 valence electrons. The van der Waals surface area contributed by atoms with E-state index in [-0.39, 0.29) is 17.9 Å². The molecule has 1 saturated heterocycles. The lowest BCUT2D eigenvalue weighted by Gasteiger charge is -2.35. The summed E-state index contributed by atoms with van der Waals surface area (Å²) in [6, 6.07) is 9.99. The highest BCUT2D eigenvalue weighted by molar-refractivity contribution is 5.80. The minimum Gasteiger partial charge on any atom is -0.444 e. The molecule has 1 atom stereocenters. The average molecular weight is 427 g/mol. The summed E-state index contributed by atoms with van der Waals surface area (Å²) in [6.07, 6.45) is 1.24. The molecular weight excluding hydrogens is 392 g/mol. The monoisotopic (exact) mass is 426 g/mol. The van der Waals surface area contributed by atoms with Crippen molar-refractivity contribution in [2.24, 2.45) is 5.92 Å². The van der Waals surface area contributed by atoms with E-state index < -0.39 is 5.60 Å². The highest BCUT2D eigenvalue weighted by Crippen LogP contribution is 2.23. The number of likely N-dealkylation sites (tertiary alicyclic amines) is 1. The molecule has 2 aromatic rings. The predicted octanol–water partition coefficient (Wildman–Crippen LogP) is 4.09. The maximum absolute atomic E-state index is 13.2. The minimum absolute atomic E-state index is 0.0551. The van der Waals surface area contributed by atoms with Crippen molar-refractivity contribution in [3.05, 3.63) is 47.3 Å². The van der Waals surface area contributed by atoms with Gasteiger partial charge in [-0.3, -0.25) is 4.79 Å². The lowest BCUT2D eigenvalue weighted by molar-refractivity contribution is -0.136. The van der Waals surface area contributed by atoms with Crippen molar-refractivity contribution in [3.63, 3.8) is 0 Å². The van der Waals surface area contributed by atoms with Gasteiger partial charge in [0.15, 0.2) is 0 Å². The Kier molecular flexibility index (Phi) is 6.72. The summed E-state index contributed by atoms with van der Waals surface area (Å²) in [4.78, 5) is 29.0. The third-order valence-electron chi connectivity index (χ3n) is 5.64. The number of carbonyl (C=O) groups is 2. The fraction of sp³-hybridized carbons (Fsp3) is 0.542. The van der Waals surface area contributed by atoms with E-state index in [1.165, 1.54) is 0 Å². The Bertz CT molecular complexity index is 930. The van der Waals surface area contributed by atoms with E-state index in [9.17, 15) is 9.59 Å². The van der Waals surface area contributed by atoms with Gasteiger partial charge < -0.3 is 14.5 Å². The third-order valence-corrected chi connectivity index (χ3v) is 5.64. The van der Waals surface area contributed by atoms with Gasteiger partial charge >= 0.3 is 6.09 Å². The molecule has 0 radical (unpaired) electrons. The number of aryl methyl sites for hydroxylation is 1. The number of rotatable bonds is 4. The molecule has 0 N–H and O–H groups in total. The van der Waals surface area contributed by atoms with E-state index in [1.54, 1.807) is 9.80 Å². The zero-order chi connectivity index (χ0) is 22.8. The minimum atomic E-state index is -0.543. The molecule has 1 aromatic carbocycles. The van der Waals surface area contributed by atoms with Crippen LogP contribution in [0.5, 0.6) is 0 Å². The van der Waals surface area contributed by atoms with Crippen molar-refractivity contribution < 1.29 is 14.3 Å². The van der Waals surface area contributed by atoms with Crippen molar-refractivity contribution in [1.82, 2.24) is 19.6 Å². The zero-order valence-corrected chi connectivity index (χ0v) is 19.5. The summed E-state index contributed by atoms with van der Waals surface area (Å²) >= 11 is 0. The number of hydrogen-bond acceptors (Lipinski definition) is 4. The van der Waals surface area contributed by atoms with Crippen LogP contribution in [-0.4, -0.2) is 57.3 Å². The highest BCUT2D eigenvalue weighted by Gasteiger charge is 2.32. The SMILES string of the molecule is Cc1nn(-c2ccccc2)c(C)c1CN(C)C(=O)C1CCCN(C(=O)OC(C)(C)C)C1. The van der Waals surface area contributed by atoms with Crippen molar-refractivity contribution in [1.29, 1.82) is 0 Å². The van der Waals surface area contributed by atoms with E-state index in [0.29, 0.717) is 19.6 Å². The lowest BCUT2D eigenvalue weighted by atomic mass is 9.96. The molecule has 0 spiro atoms. The van der Waals surface area contributed by atoms with Crippen LogP contribution in [0.1, 0.15) is 50.6 Å². The zero-order valence-electron chi connectivity index (χ0n) is 19.5. The third kappa shape index (κ3) is 5.46. The standard InChI is InChI=1S/C24H34N4O3/c1-17-21(18(2)28(25-17)20-12-8-7-9-13-20)16-26(6)22(29)19-11-10-14-27(15-19)23(30)31-24(3,4)5/h7-9,12-13,19H,10-11,14-16H2,1-6H3. The van der Waals surface area contributed by atoms with Crippen molar-refractivity contribution >= 4 is 12.0 Å². The molecule has 7 nitrogen and oxygen atoms in total. The van der Waals surface area contributed by atoms with Gasteiger partial charge in [-0.1, -0.05) is 18.2 Å². The maximum atomic E-state index is 13.2. The molecule has 1 aliphatic heterocycles. The Morgan fingerprint density at radius 3 is 2.52 bits per heavy atom. The van der Waals surface area contributed by atoms with Crippen LogP contribution < -0.4 is 0 Å². The van der Waals surface area contributed by atoms with Crippen molar-refractivity contribution in [2.75, 3.05) is 20.1 Å². The smallest absolute Gasteiger partial charge is 0.410 e. The molecule has 2 amide bonds. The van der Waals surface area contributed by atoms with Gasteiger partial charge in [-0.2, -0.15) is 5.10 Å². The van der Waals surface area contributed by atoms with Crippen LogP contribution in [0.2, 0.25) is 0 Å². The molecule has 1 aliphatic rings. The van der Waals surface area contributed by atoms with Crippen LogP contribution in [0.15, 0.2) is 30.3 Å². The van der Waals surface area contributed by atoms with Crippen LogP contribution in [0.3, 0.4) is 0 Å². The normalized spacial score (nSPS) is 16.8. The van der Waals surface area contributed by atoms with Gasteiger partial charge in [0.25, 0.3) is 0 Å². The van der Waals surface area contributed by atoms with Crippen LogP contribution in [0, 0.1) is 19.8 Å². The predicted molar refractivity (Wildman–Crippen MR) is 120 cm³/mol. The molecular formula is C24H34N4O3. The largest absolute Gasteiger partial charge is 0.444 e. The second-order valence-corrected chi connectivity index (χ2v) is 9.36. The molecule has 1 unspecified atom stereocenters. The number of nitrogens with zero attached hydrogens (tertiary/aromatic N) is 4. The average Bonchev–Trinajstić information content (AvgIpc) is 3.01. The highest BCUT2D eigenvalue weighted by atomic mass is 16.6. The summed E-state index contributed by atoms with van der Waals surface area (Å²) in [6.45, 7) is 11.1. The summed E-state index contributed by atoms with van der Waals surface area (Å²) in [7, 11) is 1.83. The number of carbonyl (C=O) groups excluding carboxylic acids is 2. The first kappa shape index (κ1) is 22.8. The van der Waals surface area contributed by atoms with E-state index in [2.05, 4.69) is 5.10 Å². The van der Waals surface area contributed by atoms with Gasteiger partial charge in [0, 0.05) is 37.9 Å². The van der Waals surface area contributed by atoms with Gasteiger partial charge in [0.05, 0.1) is 17.3 Å². The van der Waals surface area contributed by atoms with Crippen molar-refractivity contribution in [3.8, 4) is 5.69 Å². The van der Waals surface area contributed by atoms with E-state index in [4.69, 9.17) is 4.74 Å². The number of benzene rings is 1. The first-order valence-corrected chi connectivity index (χ1v) is 10.9. The van der Waals surface area contributed by atoms with Gasteiger partial charge in [-0.05, 0) is 59.6 Å². The first-order valence-electron chi connectivity index (χ1n) is 10.9. The van der Waals surface area contributed by atoms with Gasteiger partial charge in [-0.15, -0.1) is 0 Å². The number of para-hydroxylation sites is 1. The fourth-order valence-electron chi connectivity index (χ4n) is 4.02. The quantitative estimate of drug-likeness (QED) is 0.738. The Morgan fingerprint density at radius 1 is 1.19 bits per heavy atom. The fourth-order valence-corrected chi connectivity index (χ4v) is 4.02. The van der Waals surface area contributed by atoms with Gasteiger partial charge in [-0.25, -0.2) is 9.48 Å². The molecule has 1 aromatic heterocycles. The molecule has 0 aliphatic carbocycles. The van der Waals surface area contributed by atoms with Gasteiger partial charge in [0.2, 0.25) is 5.91 Å². The van der Waals surface area contributed by atoms with Gasteiger partial charge in [0.1, 0.15) is 5.60 Å². The van der Waals surface area contributed by atoms with Crippen molar-refractivity contribution in [2.45, 2.75) is 59.6 Å². The van der Waals surface area contributed by atoms with E-state index in [1.807, 2.05) is 76.7 Å². The number of amides is 2. The molecule has 0 bridgehead atoms. The van der Waals surface area contributed by atoms with E-state index in [0.717, 1.165) is 35.5 Å². The molecule has 1 fully saturated rings. The van der Waals surface area contributed by atoms with Crippen LogP contribution >= 0.6 is 0 Å².